The second kappa shape index (κ2) is 5.33. The molecule has 1 aromatic carbocycles. The summed E-state index contributed by atoms with van der Waals surface area (Å²) in [6.45, 7) is -0.369. The molecule has 0 saturated heterocycles. The predicted molar refractivity (Wildman–Crippen MR) is 67.4 cm³/mol. The van der Waals surface area contributed by atoms with E-state index in [9.17, 15) is 12.8 Å². The molecule has 100 valence electrons. The van der Waals surface area contributed by atoms with E-state index in [0.29, 0.717) is 5.56 Å². The van der Waals surface area contributed by atoms with Gasteiger partial charge in [0, 0.05) is 6.20 Å². The number of hydrogen-bond acceptors (Lipinski definition) is 4. The number of aliphatic hydroxyl groups is 1. The highest BCUT2D eigenvalue weighted by Gasteiger charge is 2.20. The molecule has 0 unspecified atom stereocenters. The second-order valence-corrected chi connectivity index (χ2v) is 5.39. The number of sulfonamides is 1. The van der Waals surface area contributed by atoms with Crippen molar-refractivity contribution < 1.29 is 17.9 Å². The number of pyridine rings is 1. The molecule has 0 bridgehead atoms. The number of benzene rings is 1. The van der Waals surface area contributed by atoms with Gasteiger partial charge in [0.2, 0.25) is 0 Å². The van der Waals surface area contributed by atoms with Crippen molar-refractivity contribution in [3.05, 3.63) is 54.0 Å². The van der Waals surface area contributed by atoms with Crippen molar-refractivity contribution in [3.8, 4) is 0 Å². The molecule has 2 aromatic rings. The molecule has 0 aliphatic carbocycles. The standard InChI is InChI=1S/C12H11FN2O3S/c13-10-5-4-9(8-16)7-11(10)19(17,18)15-12-3-1-2-6-14-12/h1-7,16H,8H2,(H,14,15). The van der Waals surface area contributed by atoms with Crippen LogP contribution in [0.3, 0.4) is 0 Å². The average molecular weight is 282 g/mol. The van der Waals surface area contributed by atoms with Gasteiger partial charge in [-0.25, -0.2) is 17.8 Å². The van der Waals surface area contributed by atoms with E-state index in [1.165, 1.54) is 18.3 Å². The molecule has 7 heteroatoms. The van der Waals surface area contributed by atoms with Crippen LogP contribution in [0.1, 0.15) is 5.56 Å². The van der Waals surface area contributed by atoms with Gasteiger partial charge in [-0.1, -0.05) is 12.1 Å². The van der Waals surface area contributed by atoms with Gasteiger partial charge in [0.15, 0.2) is 0 Å². The number of hydrogen-bond donors (Lipinski definition) is 2. The van der Waals surface area contributed by atoms with Crippen molar-refractivity contribution in [2.24, 2.45) is 0 Å². The SMILES string of the molecule is O=S(=O)(Nc1ccccn1)c1cc(CO)ccc1F. The average Bonchev–Trinajstić information content (AvgIpc) is 2.39. The van der Waals surface area contributed by atoms with E-state index in [1.54, 1.807) is 12.1 Å². The Kier molecular flexibility index (Phi) is 3.77. The van der Waals surface area contributed by atoms with Crippen molar-refractivity contribution in [2.75, 3.05) is 4.72 Å². The highest BCUT2D eigenvalue weighted by atomic mass is 32.2. The predicted octanol–water partition coefficient (Wildman–Crippen LogP) is 1.51. The molecule has 0 saturated carbocycles. The number of halogens is 1. The Labute approximate surface area is 109 Å². The van der Waals surface area contributed by atoms with Crippen LogP contribution in [0, 0.1) is 5.82 Å². The first kappa shape index (κ1) is 13.4. The van der Waals surface area contributed by atoms with Gasteiger partial charge in [0.1, 0.15) is 16.5 Å². The topological polar surface area (TPSA) is 79.3 Å². The van der Waals surface area contributed by atoms with Crippen LogP contribution in [0.4, 0.5) is 10.2 Å². The van der Waals surface area contributed by atoms with Gasteiger partial charge in [-0.3, -0.25) is 4.72 Å². The van der Waals surface area contributed by atoms with Crippen LogP contribution in [-0.4, -0.2) is 18.5 Å². The van der Waals surface area contributed by atoms with E-state index in [4.69, 9.17) is 5.11 Å². The summed E-state index contributed by atoms with van der Waals surface area (Å²) in [7, 11) is -4.08. The van der Waals surface area contributed by atoms with Crippen molar-refractivity contribution in [1.29, 1.82) is 0 Å². The van der Waals surface area contributed by atoms with E-state index in [2.05, 4.69) is 9.71 Å². The zero-order chi connectivity index (χ0) is 13.9. The molecule has 0 fully saturated rings. The minimum atomic E-state index is -4.08. The Morgan fingerprint density at radius 2 is 2.05 bits per heavy atom. The molecule has 0 radical (unpaired) electrons. The van der Waals surface area contributed by atoms with Gasteiger partial charge >= 0.3 is 0 Å². The number of nitrogens with zero attached hydrogens (tertiary/aromatic N) is 1. The molecular formula is C12H11FN2O3S. The number of aromatic nitrogens is 1. The van der Waals surface area contributed by atoms with Crippen LogP contribution in [0.2, 0.25) is 0 Å². The molecular weight excluding hydrogens is 271 g/mol. The summed E-state index contributed by atoms with van der Waals surface area (Å²) < 4.78 is 39.8. The molecule has 1 heterocycles. The molecule has 0 amide bonds. The molecule has 5 nitrogen and oxygen atoms in total. The lowest BCUT2D eigenvalue weighted by atomic mass is 10.2. The molecule has 2 rings (SSSR count). The van der Waals surface area contributed by atoms with Gasteiger partial charge in [0.25, 0.3) is 10.0 Å². The summed E-state index contributed by atoms with van der Waals surface area (Å²) in [5.74, 6) is -0.795. The van der Waals surface area contributed by atoms with E-state index < -0.39 is 20.7 Å². The van der Waals surface area contributed by atoms with E-state index in [0.717, 1.165) is 12.1 Å². The Morgan fingerprint density at radius 1 is 1.26 bits per heavy atom. The van der Waals surface area contributed by atoms with Gasteiger partial charge in [0.05, 0.1) is 6.61 Å². The molecule has 1 aromatic heterocycles. The highest BCUT2D eigenvalue weighted by molar-refractivity contribution is 7.92. The molecule has 0 atom stereocenters. The highest BCUT2D eigenvalue weighted by Crippen LogP contribution is 2.19. The van der Waals surface area contributed by atoms with Crippen LogP contribution in [0.5, 0.6) is 0 Å². The van der Waals surface area contributed by atoms with Crippen LogP contribution in [0.15, 0.2) is 47.5 Å². The van der Waals surface area contributed by atoms with E-state index in [-0.39, 0.29) is 12.4 Å². The number of anilines is 1. The fourth-order valence-electron chi connectivity index (χ4n) is 1.47. The van der Waals surface area contributed by atoms with Crippen molar-refractivity contribution >= 4 is 15.8 Å². The smallest absolute Gasteiger partial charge is 0.265 e. The normalized spacial score (nSPS) is 11.3. The summed E-state index contributed by atoms with van der Waals surface area (Å²) in [5, 5.41) is 8.96. The summed E-state index contributed by atoms with van der Waals surface area (Å²) in [6.07, 6.45) is 1.42. The van der Waals surface area contributed by atoms with Crippen LogP contribution in [0.25, 0.3) is 0 Å². The van der Waals surface area contributed by atoms with Gasteiger partial charge in [-0.15, -0.1) is 0 Å². The second-order valence-electron chi connectivity index (χ2n) is 3.74. The molecule has 0 spiro atoms. The van der Waals surface area contributed by atoms with Gasteiger partial charge in [-0.2, -0.15) is 0 Å². The summed E-state index contributed by atoms with van der Waals surface area (Å²) >= 11 is 0. The Bertz CT molecular complexity index is 675. The first-order chi connectivity index (χ1) is 9.03. The lowest BCUT2D eigenvalue weighted by Crippen LogP contribution is -2.15. The summed E-state index contributed by atoms with van der Waals surface area (Å²) in [6, 6.07) is 8.08. The van der Waals surface area contributed by atoms with E-state index in [1.807, 2.05) is 0 Å². The Hall–Kier alpha value is -1.99. The fraction of sp³-hybridized carbons (Fsp3) is 0.0833. The first-order valence-corrected chi connectivity index (χ1v) is 6.84. The number of rotatable bonds is 4. The third kappa shape index (κ3) is 3.07. The van der Waals surface area contributed by atoms with Crippen molar-refractivity contribution in [1.82, 2.24) is 4.98 Å². The zero-order valence-electron chi connectivity index (χ0n) is 9.75. The third-order valence-electron chi connectivity index (χ3n) is 2.37. The van der Waals surface area contributed by atoms with Gasteiger partial charge < -0.3 is 5.11 Å². The minimum Gasteiger partial charge on any atom is -0.392 e. The summed E-state index contributed by atoms with van der Waals surface area (Å²) in [5.41, 5.74) is 0.308. The van der Waals surface area contributed by atoms with E-state index >= 15 is 0 Å². The lowest BCUT2D eigenvalue weighted by molar-refractivity contribution is 0.281. The Balaban J connectivity index is 2.39. The quantitative estimate of drug-likeness (QED) is 0.891. The Morgan fingerprint density at radius 3 is 2.68 bits per heavy atom. The third-order valence-corrected chi connectivity index (χ3v) is 3.74. The number of aliphatic hydroxyl groups excluding tert-OH is 1. The maximum atomic E-state index is 13.6. The summed E-state index contributed by atoms with van der Waals surface area (Å²) in [4.78, 5) is 3.28. The van der Waals surface area contributed by atoms with Crippen LogP contribution >= 0.6 is 0 Å². The fourth-order valence-corrected chi connectivity index (χ4v) is 2.61. The van der Waals surface area contributed by atoms with Crippen LogP contribution in [-0.2, 0) is 16.6 Å². The van der Waals surface area contributed by atoms with Gasteiger partial charge in [-0.05, 0) is 29.8 Å². The molecule has 2 N–H and O–H groups in total. The number of nitrogens with one attached hydrogen (secondary N) is 1. The van der Waals surface area contributed by atoms with Crippen molar-refractivity contribution in [2.45, 2.75) is 11.5 Å². The monoisotopic (exact) mass is 282 g/mol. The van der Waals surface area contributed by atoms with Crippen LogP contribution < -0.4 is 4.72 Å². The molecule has 0 aliphatic heterocycles. The largest absolute Gasteiger partial charge is 0.392 e. The first-order valence-electron chi connectivity index (χ1n) is 5.36. The molecule has 0 aliphatic rings. The molecule has 19 heavy (non-hydrogen) atoms. The maximum absolute atomic E-state index is 13.6. The van der Waals surface area contributed by atoms with Crippen molar-refractivity contribution in [3.63, 3.8) is 0 Å². The maximum Gasteiger partial charge on any atom is 0.265 e. The zero-order valence-corrected chi connectivity index (χ0v) is 10.6. The minimum absolute atomic E-state index is 0.0938. The lowest BCUT2D eigenvalue weighted by Gasteiger charge is -2.09.